The summed E-state index contributed by atoms with van der Waals surface area (Å²) in [5.41, 5.74) is 4.32. The van der Waals surface area contributed by atoms with Gasteiger partial charge in [-0.2, -0.15) is 0 Å². The van der Waals surface area contributed by atoms with Crippen LogP contribution >= 0.6 is 0 Å². The number of urea groups is 1. The monoisotopic (exact) mass is 389 g/mol. The van der Waals surface area contributed by atoms with Gasteiger partial charge in [-0.3, -0.25) is 4.90 Å². The highest BCUT2D eigenvalue weighted by atomic mass is 16.2. The van der Waals surface area contributed by atoms with Crippen molar-refractivity contribution < 1.29 is 4.79 Å². The van der Waals surface area contributed by atoms with Crippen molar-refractivity contribution in [3.8, 4) is 11.1 Å². The number of nitrogens with zero attached hydrogens (tertiary/aromatic N) is 4. The molecule has 1 aliphatic rings. The number of carbonyl (C=O) groups is 1. The van der Waals surface area contributed by atoms with Gasteiger partial charge in [-0.15, -0.1) is 0 Å². The molecule has 6 nitrogen and oxygen atoms in total. The Morgan fingerprint density at radius 2 is 1.90 bits per heavy atom. The van der Waals surface area contributed by atoms with Crippen LogP contribution in [0, 0.1) is 6.92 Å². The Morgan fingerprint density at radius 1 is 1.10 bits per heavy atom. The summed E-state index contributed by atoms with van der Waals surface area (Å²) in [5, 5.41) is 3.07. The van der Waals surface area contributed by atoms with Crippen LogP contribution in [-0.4, -0.2) is 52.1 Å². The third-order valence-corrected chi connectivity index (χ3v) is 5.65. The van der Waals surface area contributed by atoms with E-state index in [2.05, 4.69) is 47.4 Å². The van der Waals surface area contributed by atoms with Crippen molar-refractivity contribution in [3.63, 3.8) is 0 Å². The fraction of sp³-hybridized carbons (Fsp3) is 0.304. The molecule has 1 N–H and O–H groups in total. The van der Waals surface area contributed by atoms with E-state index in [0.717, 1.165) is 23.6 Å². The second kappa shape index (κ2) is 8.09. The van der Waals surface area contributed by atoms with Gasteiger partial charge in [-0.05, 0) is 42.8 Å². The molecule has 1 saturated heterocycles. The number of imidazole rings is 1. The molecule has 0 saturated carbocycles. The van der Waals surface area contributed by atoms with Crippen LogP contribution in [0.2, 0.25) is 0 Å². The van der Waals surface area contributed by atoms with Crippen LogP contribution in [0.5, 0.6) is 0 Å². The predicted molar refractivity (Wildman–Crippen MR) is 116 cm³/mol. The van der Waals surface area contributed by atoms with Gasteiger partial charge in [-0.25, -0.2) is 9.78 Å². The average Bonchev–Trinajstić information content (AvgIpc) is 3.15. The van der Waals surface area contributed by atoms with E-state index in [-0.39, 0.29) is 12.1 Å². The lowest BCUT2D eigenvalue weighted by atomic mass is 10.0. The quantitative estimate of drug-likeness (QED) is 0.739. The van der Waals surface area contributed by atoms with Gasteiger partial charge in [0, 0.05) is 44.8 Å². The van der Waals surface area contributed by atoms with Gasteiger partial charge in [0.1, 0.15) is 5.82 Å². The van der Waals surface area contributed by atoms with Gasteiger partial charge in [0.25, 0.3) is 0 Å². The minimum absolute atomic E-state index is 0.0656. The molecule has 0 bridgehead atoms. The van der Waals surface area contributed by atoms with E-state index in [1.165, 1.54) is 11.1 Å². The maximum absolute atomic E-state index is 12.9. The summed E-state index contributed by atoms with van der Waals surface area (Å²) >= 11 is 0. The first-order chi connectivity index (χ1) is 14.0. The summed E-state index contributed by atoms with van der Waals surface area (Å²) in [6.45, 7) is 4.21. The number of rotatable bonds is 3. The molecule has 1 fully saturated rings. The molecule has 3 aromatic rings. The Hall–Kier alpha value is -3.12. The van der Waals surface area contributed by atoms with E-state index < -0.39 is 0 Å². The van der Waals surface area contributed by atoms with E-state index in [0.29, 0.717) is 13.1 Å². The Labute approximate surface area is 171 Å². The third kappa shape index (κ3) is 4.03. The molecule has 2 aromatic carbocycles. The van der Waals surface area contributed by atoms with Crippen molar-refractivity contribution in [2.75, 3.05) is 32.0 Å². The Kier molecular flexibility index (Phi) is 5.36. The summed E-state index contributed by atoms with van der Waals surface area (Å²) in [6.07, 6.45) is 3.75. The molecule has 150 valence electrons. The lowest BCUT2D eigenvalue weighted by Crippen LogP contribution is -2.50. The average molecular weight is 390 g/mol. The third-order valence-electron chi connectivity index (χ3n) is 5.65. The number of hydrogen-bond donors (Lipinski definition) is 1. The summed E-state index contributed by atoms with van der Waals surface area (Å²) in [6, 6.07) is 16.4. The van der Waals surface area contributed by atoms with Crippen molar-refractivity contribution in [1.29, 1.82) is 0 Å². The Bertz CT molecular complexity index is 998. The van der Waals surface area contributed by atoms with E-state index in [1.807, 2.05) is 53.0 Å². The van der Waals surface area contributed by atoms with E-state index >= 15 is 0 Å². The fourth-order valence-corrected chi connectivity index (χ4v) is 3.92. The molecule has 0 radical (unpaired) electrons. The molecule has 2 amide bonds. The number of nitrogens with one attached hydrogen (secondary N) is 1. The van der Waals surface area contributed by atoms with Crippen LogP contribution in [-0.2, 0) is 7.05 Å². The number of aromatic nitrogens is 2. The smallest absolute Gasteiger partial charge is 0.321 e. The zero-order chi connectivity index (χ0) is 20.4. The maximum Gasteiger partial charge on any atom is 0.321 e. The van der Waals surface area contributed by atoms with Crippen molar-refractivity contribution >= 4 is 11.7 Å². The maximum atomic E-state index is 12.9. The second-order valence-corrected chi connectivity index (χ2v) is 7.66. The molecule has 1 aliphatic heterocycles. The first-order valence-corrected chi connectivity index (χ1v) is 9.92. The largest absolute Gasteiger partial charge is 0.337 e. The van der Waals surface area contributed by atoms with Crippen LogP contribution in [0.3, 0.4) is 0 Å². The molecule has 0 unspecified atom stereocenters. The van der Waals surface area contributed by atoms with Gasteiger partial charge >= 0.3 is 6.03 Å². The molecule has 6 heteroatoms. The standard InChI is InChI=1S/C23H27N5O/c1-17-15-19(9-10-20(17)18-7-5-4-6-8-18)25-23(29)28-14-13-26(2)21(16-28)22-24-11-12-27(22)3/h4-12,15,21H,13-14,16H2,1-3H3,(H,25,29)/t21-/m1/s1. The summed E-state index contributed by atoms with van der Waals surface area (Å²) in [4.78, 5) is 21.5. The van der Waals surface area contributed by atoms with Crippen molar-refractivity contribution in [1.82, 2.24) is 19.4 Å². The predicted octanol–water partition coefficient (Wildman–Crippen LogP) is 3.92. The number of anilines is 1. The molecule has 4 rings (SSSR count). The molecule has 0 spiro atoms. The summed E-state index contributed by atoms with van der Waals surface area (Å²) in [7, 11) is 4.08. The number of amides is 2. The fourth-order valence-electron chi connectivity index (χ4n) is 3.92. The zero-order valence-corrected chi connectivity index (χ0v) is 17.2. The number of likely N-dealkylation sites (N-methyl/N-ethyl adjacent to an activating group) is 1. The first kappa shape index (κ1) is 19.2. The lowest BCUT2D eigenvalue weighted by molar-refractivity contribution is 0.110. The number of aryl methyl sites for hydroxylation is 2. The number of piperazine rings is 1. The van der Waals surface area contributed by atoms with Crippen LogP contribution in [0.1, 0.15) is 17.4 Å². The van der Waals surface area contributed by atoms with Crippen molar-refractivity contribution in [3.05, 3.63) is 72.3 Å². The molecule has 29 heavy (non-hydrogen) atoms. The molecule has 1 atom stereocenters. The lowest BCUT2D eigenvalue weighted by Gasteiger charge is -2.38. The Morgan fingerprint density at radius 3 is 2.59 bits per heavy atom. The molecular formula is C23H27N5O. The highest BCUT2D eigenvalue weighted by molar-refractivity contribution is 5.90. The van der Waals surface area contributed by atoms with Gasteiger partial charge in [0.05, 0.1) is 6.04 Å². The SMILES string of the molecule is Cc1cc(NC(=O)N2CCN(C)[C@@H](c3nccn3C)C2)ccc1-c1ccccc1. The van der Waals surface area contributed by atoms with Crippen LogP contribution in [0.15, 0.2) is 60.9 Å². The highest BCUT2D eigenvalue weighted by Gasteiger charge is 2.30. The molecule has 2 heterocycles. The van der Waals surface area contributed by atoms with Crippen LogP contribution < -0.4 is 5.32 Å². The number of carbonyl (C=O) groups excluding carboxylic acids is 1. The van der Waals surface area contributed by atoms with Crippen LogP contribution in [0.25, 0.3) is 11.1 Å². The van der Waals surface area contributed by atoms with Crippen LogP contribution in [0.4, 0.5) is 10.5 Å². The normalized spacial score (nSPS) is 17.3. The first-order valence-electron chi connectivity index (χ1n) is 9.92. The minimum Gasteiger partial charge on any atom is -0.337 e. The van der Waals surface area contributed by atoms with Gasteiger partial charge in [0.2, 0.25) is 0 Å². The summed E-state index contributed by atoms with van der Waals surface area (Å²) < 4.78 is 2.02. The molecular weight excluding hydrogens is 362 g/mol. The van der Waals surface area contributed by atoms with E-state index in [1.54, 1.807) is 6.20 Å². The topological polar surface area (TPSA) is 53.4 Å². The molecule has 0 aliphatic carbocycles. The summed E-state index contributed by atoms with van der Waals surface area (Å²) in [5.74, 6) is 0.980. The van der Waals surface area contributed by atoms with Crippen molar-refractivity contribution in [2.24, 2.45) is 7.05 Å². The van der Waals surface area contributed by atoms with Gasteiger partial charge in [0.15, 0.2) is 0 Å². The number of hydrogen-bond acceptors (Lipinski definition) is 3. The molecule has 1 aromatic heterocycles. The van der Waals surface area contributed by atoms with E-state index in [9.17, 15) is 4.79 Å². The zero-order valence-electron chi connectivity index (χ0n) is 17.2. The van der Waals surface area contributed by atoms with Gasteiger partial charge in [-0.1, -0.05) is 36.4 Å². The Balaban J connectivity index is 1.46. The highest BCUT2D eigenvalue weighted by Crippen LogP contribution is 2.27. The van der Waals surface area contributed by atoms with E-state index in [4.69, 9.17) is 0 Å². The van der Waals surface area contributed by atoms with Gasteiger partial charge < -0.3 is 14.8 Å². The number of benzene rings is 2. The minimum atomic E-state index is -0.0656. The van der Waals surface area contributed by atoms with Crippen molar-refractivity contribution in [2.45, 2.75) is 13.0 Å². The second-order valence-electron chi connectivity index (χ2n) is 7.66.